The van der Waals surface area contributed by atoms with Gasteiger partial charge in [0.25, 0.3) is 0 Å². The smallest absolute Gasteiger partial charge is 0.305 e. The van der Waals surface area contributed by atoms with Crippen molar-refractivity contribution in [1.29, 1.82) is 0 Å². The third kappa shape index (κ3) is 64.7. The second-order valence-electron chi connectivity index (χ2n) is 27.4. The van der Waals surface area contributed by atoms with Crippen LogP contribution in [0.2, 0.25) is 0 Å². The van der Waals surface area contributed by atoms with Gasteiger partial charge in [0.1, 0.15) is 6.61 Å². The van der Waals surface area contributed by atoms with Crippen molar-refractivity contribution in [2.45, 2.75) is 341 Å². The van der Waals surface area contributed by atoms with Crippen LogP contribution in [0.15, 0.2) is 72.9 Å². The van der Waals surface area contributed by atoms with Crippen molar-refractivity contribution < 1.29 is 30.0 Å². The van der Waals surface area contributed by atoms with E-state index >= 15 is 0 Å². The Kier molecular flexibility index (Phi) is 68.7. The fraction of sp³-hybridized carbons (Fsp3) is 0.840. The van der Waals surface area contributed by atoms with Gasteiger partial charge < -0.3 is 25.2 Å². The maximum atomic E-state index is 12.9. The number of aliphatic hydroxyl groups is 4. The Morgan fingerprint density at radius 1 is 0.376 bits per heavy atom. The van der Waals surface area contributed by atoms with Gasteiger partial charge in [0.05, 0.1) is 24.4 Å². The number of rotatable bonds is 71. The van der Waals surface area contributed by atoms with Crippen molar-refractivity contribution in [1.82, 2.24) is 19.6 Å². The summed E-state index contributed by atoms with van der Waals surface area (Å²) in [6.07, 6.45) is 76.7. The summed E-state index contributed by atoms with van der Waals surface area (Å²) in [5, 5.41) is 44.6. The van der Waals surface area contributed by atoms with Crippen molar-refractivity contribution in [2.75, 3.05) is 96.6 Å². The second kappa shape index (κ2) is 71.6. The van der Waals surface area contributed by atoms with E-state index in [2.05, 4.69) is 120 Å². The molecule has 1 heterocycles. The molecule has 544 valence electrons. The standard InChI is InChI=1S/C81H152N4O6S2/c1-5-9-13-17-21-25-29-31-33-35-39-43-47-49-57-77(86)73-84(74-78(87)58-50-48-44-40-36-34-32-30-26-22-18-14-10-6-2)62-54-53-61-81(90)91-70-68-82-64-66-83(67-65-82)69-72-93-92-71-56-55-63-85(75-79(88)59-51-45-41-37-27-23-19-15-11-7-3)76-80(89)60-52-46-42-38-28-24-20-16-12-8-4/h9-10,13-14,21-22,25-26,31-34,77-80,86-89H,5-8,11-12,15-20,23-24,27-30,35-76H2,1-4H3/b13-9-,14-10-,25-21-,26-22-,33-31-,34-32-. The van der Waals surface area contributed by atoms with Crippen LogP contribution < -0.4 is 0 Å². The Hall–Kier alpha value is -1.71. The molecule has 12 heteroatoms. The summed E-state index contributed by atoms with van der Waals surface area (Å²) in [5.74, 6) is 2.13. The number of hydrogen-bond acceptors (Lipinski definition) is 12. The van der Waals surface area contributed by atoms with E-state index in [4.69, 9.17) is 4.74 Å². The van der Waals surface area contributed by atoms with Crippen LogP contribution in [0.3, 0.4) is 0 Å². The highest BCUT2D eigenvalue weighted by molar-refractivity contribution is 8.76. The molecule has 0 aromatic heterocycles. The molecule has 0 bridgehead atoms. The number of nitrogens with zero attached hydrogens (tertiary/aromatic N) is 4. The average Bonchev–Trinajstić information content (AvgIpc) is 3.77. The predicted molar refractivity (Wildman–Crippen MR) is 411 cm³/mol. The SMILES string of the molecule is CC/C=C\C/C=C\C/C=C\CCCCCCC(O)CN(CCCCC(=O)OCCN1CCN(CCSSCCCCN(CC(O)CCCCCCCCCCCC)CC(O)CCCCCCCCCCCC)CC1)CC(O)CCCCCC/C=C\C/C=C\C/C=C\CC. The molecule has 10 nitrogen and oxygen atoms in total. The fourth-order valence-electron chi connectivity index (χ4n) is 12.4. The van der Waals surface area contributed by atoms with Gasteiger partial charge in [-0.3, -0.25) is 24.4 Å². The van der Waals surface area contributed by atoms with Gasteiger partial charge in [0, 0.05) is 83.4 Å². The van der Waals surface area contributed by atoms with Gasteiger partial charge in [-0.15, -0.1) is 0 Å². The molecule has 0 saturated carbocycles. The largest absolute Gasteiger partial charge is 0.464 e. The minimum Gasteiger partial charge on any atom is -0.464 e. The van der Waals surface area contributed by atoms with Gasteiger partial charge >= 0.3 is 5.97 Å². The summed E-state index contributed by atoms with van der Waals surface area (Å²) < 4.78 is 5.75. The zero-order chi connectivity index (χ0) is 67.2. The monoisotopic (exact) mass is 1340 g/mol. The first-order valence-corrected chi connectivity index (χ1v) is 42.1. The van der Waals surface area contributed by atoms with Gasteiger partial charge in [0.15, 0.2) is 0 Å². The molecule has 0 spiro atoms. The maximum Gasteiger partial charge on any atom is 0.305 e. The normalized spacial score (nSPS) is 15.2. The number of unbranched alkanes of at least 4 members (excludes halogenated alkanes) is 28. The zero-order valence-corrected chi connectivity index (χ0v) is 63.0. The van der Waals surface area contributed by atoms with Crippen LogP contribution in [0.4, 0.5) is 0 Å². The van der Waals surface area contributed by atoms with E-state index in [0.29, 0.717) is 39.2 Å². The molecule has 1 saturated heterocycles. The van der Waals surface area contributed by atoms with E-state index in [1.54, 1.807) is 0 Å². The van der Waals surface area contributed by atoms with E-state index < -0.39 is 12.2 Å². The van der Waals surface area contributed by atoms with Crippen molar-refractivity contribution in [3.05, 3.63) is 72.9 Å². The number of piperazine rings is 1. The summed E-state index contributed by atoms with van der Waals surface area (Å²) in [4.78, 5) is 22.5. The molecule has 0 aromatic carbocycles. The minimum absolute atomic E-state index is 0.125. The van der Waals surface area contributed by atoms with Crippen LogP contribution in [0.5, 0.6) is 0 Å². The molecule has 0 radical (unpaired) electrons. The molecule has 0 aromatic rings. The maximum absolute atomic E-state index is 12.9. The lowest BCUT2D eigenvalue weighted by atomic mass is 10.0. The first-order valence-electron chi connectivity index (χ1n) is 39.6. The molecular weight excluding hydrogens is 1190 g/mol. The van der Waals surface area contributed by atoms with Crippen LogP contribution in [-0.2, 0) is 9.53 Å². The Morgan fingerprint density at radius 3 is 1.09 bits per heavy atom. The molecule has 4 N–H and O–H groups in total. The summed E-state index contributed by atoms with van der Waals surface area (Å²) in [6.45, 7) is 19.5. The number of ether oxygens (including phenoxy) is 1. The Bertz CT molecular complexity index is 1650. The van der Waals surface area contributed by atoms with Gasteiger partial charge in [-0.2, -0.15) is 0 Å². The number of aliphatic hydroxyl groups excluding tert-OH is 4. The first kappa shape index (κ1) is 89.3. The van der Waals surface area contributed by atoms with E-state index in [1.807, 2.05) is 21.6 Å². The topological polar surface area (TPSA) is 120 Å². The highest BCUT2D eigenvalue weighted by Crippen LogP contribution is 2.24. The van der Waals surface area contributed by atoms with Crippen molar-refractivity contribution in [3.8, 4) is 0 Å². The van der Waals surface area contributed by atoms with Crippen LogP contribution in [-0.4, -0.2) is 167 Å². The zero-order valence-electron chi connectivity index (χ0n) is 61.4. The molecule has 93 heavy (non-hydrogen) atoms. The molecular formula is C81H152N4O6S2. The Balaban J connectivity index is 2.41. The summed E-state index contributed by atoms with van der Waals surface area (Å²) >= 11 is 0. The average molecular weight is 1340 g/mol. The fourth-order valence-corrected chi connectivity index (χ4v) is 14.6. The molecule has 4 unspecified atom stereocenters. The highest BCUT2D eigenvalue weighted by Gasteiger charge is 2.20. The molecule has 0 aliphatic carbocycles. The minimum atomic E-state index is -0.418. The lowest BCUT2D eigenvalue weighted by molar-refractivity contribution is -0.144. The van der Waals surface area contributed by atoms with Gasteiger partial charge in [-0.05, 0) is 129 Å². The van der Waals surface area contributed by atoms with E-state index in [-0.39, 0.29) is 18.2 Å². The van der Waals surface area contributed by atoms with Gasteiger partial charge in [-0.1, -0.05) is 289 Å². The predicted octanol–water partition coefficient (Wildman–Crippen LogP) is 20.5. The molecule has 0 amide bonds. The Morgan fingerprint density at radius 2 is 0.699 bits per heavy atom. The van der Waals surface area contributed by atoms with Crippen molar-refractivity contribution in [2.24, 2.45) is 0 Å². The lowest BCUT2D eigenvalue weighted by Crippen LogP contribution is -2.47. The number of allylic oxidation sites excluding steroid dienone is 12. The lowest BCUT2D eigenvalue weighted by Gasteiger charge is -2.34. The number of hydrogen-bond donors (Lipinski definition) is 4. The van der Waals surface area contributed by atoms with E-state index in [9.17, 15) is 25.2 Å². The van der Waals surface area contributed by atoms with Crippen LogP contribution in [0, 0.1) is 0 Å². The van der Waals surface area contributed by atoms with Gasteiger partial charge in [-0.25, -0.2) is 0 Å². The quantitative estimate of drug-likeness (QED) is 0.0201. The summed E-state index contributed by atoms with van der Waals surface area (Å²) in [5.41, 5.74) is 0. The number of carbonyl (C=O) groups excluding carboxylic acids is 1. The summed E-state index contributed by atoms with van der Waals surface area (Å²) in [6, 6.07) is 0. The Labute approximate surface area is 584 Å². The van der Waals surface area contributed by atoms with Crippen molar-refractivity contribution in [3.63, 3.8) is 0 Å². The van der Waals surface area contributed by atoms with Crippen molar-refractivity contribution >= 4 is 27.6 Å². The number of esters is 1. The molecule has 1 aliphatic heterocycles. The first-order chi connectivity index (χ1) is 45.7. The second-order valence-corrected chi connectivity index (χ2v) is 30.1. The third-order valence-corrected chi connectivity index (χ3v) is 20.8. The van der Waals surface area contributed by atoms with Crippen LogP contribution in [0.25, 0.3) is 0 Å². The highest BCUT2D eigenvalue weighted by atomic mass is 33.1. The molecule has 1 fully saturated rings. The van der Waals surface area contributed by atoms with E-state index in [0.717, 1.165) is 205 Å². The van der Waals surface area contributed by atoms with Crippen LogP contribution in [0.1, 0.15) is 317 Å². The molecule has 4 atom stereocenters. The van der Waals surface area contributed by atoms with Gasteiger partial charge in [0.2, 0.25) is 0 Å². The summed E-state index contributed by atoms with van der Waals surface area (Å²) in [7, 11) is 3.99. The third-order valence-electron chi connectivity index (χ3n) is 18.3. The van der Waals surface area contributed by atoms with E-state index in [1.165, 1.54) is 141 Å². The van der Waals surface area contributed by atoms with Crippen LogP contribution >= 0.6 is 21.6 Å². The molecule has 1 aliphatic rings. The number of carbonyl (C=O) groups is 1. The molecule has 1 rings (SSSR count).